The van der Waals surface area contributed by atoms with Gasteiger partial charge in [-0.25, -0.2) is 0 Å². The van der Waals surface area contributed by atoms with Gasteiger partial charge >= 0.3 is 0 Å². The van der Waals surface area contributed by atoms with Gasteiger partial charge in [0.05, 0.1) is 4.47 Å². The first kappa shape index (κ1) is 13.6. The average molecular weight is 317 g/mol. The summed E-state index contributed by atoms with van der Waals surface area (Å²) in [7, 11) is 0. The molecule has 1 unspecified atom stereocenters. The Morgan fingerprint density at radius 2 is 2.28 bits per heavy atom. The number of fused-ring (bicyclic) bond motifs is 1. The Kier molecular flexibility index (Phi) is 4.82. The molecule has 6 heteroatoms. The molecule has 0 fully saturated rings. The molecule has 0 bridgehead atoms. The van der Waals surface area contributed by atoms with E-state index < -0.39 is 0 Å². The summed E-state index contributed by atoms with van der Waals surface area (Å²) < 4.78 is 11.6. The molecule has 0 aromatic heterocycles. The third-order valence-electron chi connectivity index (χ3n) is 2.81. The smallest absolute Gasteiger partial charge is 0.231 e. The molecule has 4 N–H and O–H groups in total. The van der Waals surface area contributed by atoms with Crippen LogP contribution in [0, 0.1) is 0 Å². The standard InChI is InChI=1S/C12H17BrN2O3/c13-9-4-8(5-11-12(9)18-7-17-11)10(6-14)15-2-1-3-16/h4-5,10,15-16H,1-3,6-7,14H2. The first-order valence-corrected chi connectivity index (χ1v) is 6.69. The molecule has 0 aliphatic carbocycles. The van der Waals surface area contributed by atoms with Gasteiger partial charge in [0.15, 0.2) is 11.5 Å². The summed E-state index contributed by atoms with van der Waals surface area (Å²) >= 11 is 3.46. The van der Waals surface area contributed by atoms with Gasteiger partial charge in [-0.15, -0.1) is 0 Å². The molecule has 1 heterocycles. The Bertz CT molecular complexity index is 415. The van der Waals surface area contributed by atoms with Gasteiger partial charge in [-0.2, -0.15) is 0 Å². The number of hydrogen-bond acceptors (Lipinski definition) is 5. The van der Waals surface area contributed by atoms with Crippen molar-refractivity contribution in [2.75, 3.05) is 26.5 Å². The van der Waals surface area contributed by atoms with Crippen LogP contribution < -0.4 is 20.5 Å². The van der Waals surface area contributed by atoms with E-state index in [0.717, 1.165) is 28.1 Å². The normalized spacial score (nSPS) is 14.8. The summed E-state index contributed by atoms with van der Waals surface area (Å²) in [4.78, 5) is 0. The number of aliphatic hydroxyl groups excluding tert-OH is 1. The Morgan fingerprint density at radius 3 is 3.00 bits per heavy atom. The van der Waals surface area contributed by atoms with E-state index in [1.54, 1.807) is 0 Å². The van der Waals surface area contributed by atoms with Crippen molar-refractivity contribution in [1.29, 1.82) is 0 Å². The zero-order chi connectivity index (χ0) is 13.0. The summed E-state index contributed by atoms with van der Waals surface area (Å²) in [5.74, 6) is 1.48. The molecule has 0 radical (unpaired) electrons. The summed E-state index contributed by atoms with van der Waals surface area (Å²) in [6, 6.07) is 3.97. The number of nitrogens with one attached hydrogen (secondary N) is 1. The zero-order valence-corrected chi connectivity index (χ0v) is 11.6. The maximum atomic E-state index is 8.78. The van der Waals surface area contributed by atoms with Crippen LogP contribution in [0.5, 0.6) is 11.5 Å². The fourth-order valence-electron chi connectivity index (χ4n) is 1.88. The zero-order valence-electron chi connectivity index (χ0n) is 9.99. The van der Waals surface area contributed by atoms with E-state index in [4.69, 9.17) is 20.3 Å². The number of halogens is 1. The second kappa shape index (κ2) is 6.38. The van der Waals surface area contributed by atoms with Crippen molar-refractivity contribution in [2.24, 2.45) is 5.73 Å². The van der Waals surface area contributed by atoms with Crippen molar-refractivity contribution in [3.05, 3.63) is 22.2 Å². The highest BCUT2D eigenvalue weighted by atomic mass is 79.9. The van der Waals surface area contributed by atoms with Crippen LogP contribution in [-0.2, 0) is 0 Å². The molecule has 0 amide bonds. The van der Waals surface area contributed by atoms with Crippen molar-refractivity contribution >= 4 is 15.9 Å². The van der Waals surface area contributed by atoms with E-state index in [-0.39, 0.29) is 19.4 Å². The highest BCUT2D eigenvalue weighted by Gasteiger charge is 2.20. The van der Waals surface area contributed by atoms with Crippen LogP contribution in [0.2, 0.25) is 0 Å². The van der Waals surface area contributed by atoms with Crippen LogP contribution in [0.15, 0.2) is 16.6 Å². The molecule has 0 saturated heterocycles. The third kappa shape index (κ3) is 2.95. The van der Waals surface area contributed by atoms with E-state index in [1.165, 1.54) is 0 Å². The van der Waals surface area contributed by atoms with E-state index >= 15 is 0 Å². The predicted octanol–water partition coefficient (Wildman–Crippen LogP) is 1.15. The van der Waals surface area contributed by atoms with Crippen LogP contribution in [0.1, 0.15) is 18.0 Å². The van der Waals surface area contributed by atoms with Crippen LogP contribution in [0.4, 0.5) is 0 Å². The van der Waals surface area contributed by atoms with Crippen LogP contribution in [0.3, 0.4) is 0 Å². The van der Waals surface area contributed by atoms with Gasteiger partial charge < -0.3 is 25.6 Å². The van der Waals surface area contributed by atoms with Gasteiger partial charge in [0.2, 0.25) is 6.79 Å². The monoisotopic (exact) mass is 316 g/mol. The molecule has 0 saturated carbocycles. The van der Waals surface area contributed by atoms with Crippen LogP contribution in [0.25, 0.3) is 0 Å². The van der Waals surface area contributed by atoms with Gasteiger partial charge in [-0.05, 0) is 46.6 Å². The molecule has 2 rings (SSSR count). The number of aliphatic hydroxyl groups is 1. The van der Waals surface area contributed by atoms with E-state index in [1.807, 2.05) is 12.1 Å². The van der Waals surface area contributed by atoms with Gasteiger partial charge in [-0.1, -0.05) is 0 Å². The lowest BCUT2D eigenvalue weighted by atomic mass is 10.1. The minimum Gasteiger partial charge on any atom is -0.454 e. The first-order valence-electron chi connectivity index (χ1n) is 5.89. The topological polar surface area (TPSA) is 76.7 Å². The summed E-state index contributed by atoms with van der Waals surface area (Å²) in [6.07, 6.45) is 0.711. The quantitative estimate of drug-likeness (QED) is 0.686. The highest BCUT2D eigenvalue weighted by molar-refractivity contribution is 9.10. The van der Waals surface area contributed by atoms with E-state index in [9.17, 15) is 0 Å². The molecular weight excluding hydrogens is 300 g/mol. The lowest BCUT2D eigenvalue weighted by molar-refractivity contribution is 0.173. The summed E-state index contributed by atoms with van der Waals surface area (Å²) in [5.41, 5.74) is 6.82. The van der Waals surface area contributed by atoms with Gasteiger partial charge in [0, 0.05) is 19.2 Å². The Morgan fingerprint density at radius 1 is 1.44 bits per heavy atom. The maximum Gasteiger partial charge on any atom is 0.231 e. The van der Waals surface area contributed by atoms with E-state index in [0.29, 0.717) is 13.0 Å². The van der Waals surface area contributed by atoms with Crippen molar-refractivity contribution < 1.29 is 14.6 Å². The number of ether oxygens (including phenoxy) is 2. The average Bonchev–Trinajstić information content (AvgIpc) is 2.83. The number of hydrogen-bond donors (Lipinski definition) is 3. The Hall–Kier alpha value is -0.820. The fraction of sp³-hybridized carbons (Fsp3) is 0.500. The molecule has 18 heavy (non-hydrogen) atoms. The highest BCUT2D eigenvalue weighted by Crippen LogP contribution is 2.41. The first-order chi connectivity index (χ1) is 8.76. The van der Waals surface area contributed by atoms with Crippen LogP contribution >= 0.6 is 15.9 Å². The van der Waals surface area contributed by atoms with Gasteiger partial charge in [0.25, 0.3) is 0 Å². The number of benzene rings is 1. The van der Waals surface area contributed by atoms with Crippen LogP contribution in [-0.4, -0.2) is 31.6 Å². The Balaban J connectivity index is 2.13. The minimum atomic E-state index is 0.0438. The number of rotatable bonds is 6. The van der Waals surface area contributed by atoms with Gasteiger partial charge in [-0.3, -0.25) is 0 Å². The molecule has 1 aromatic rings. The summed E-state index contributed by atoms with van der Waals surface area (Å²) in [5, 5.41) is 12.1. The summed E-state index contributed by atoms with van der Waals surface area (Å²) in [6.45, 7) is 1.64. The fourth-order valence-corrected chi connectivity index (χ4v) is 2.46. The third-order valence-corrected chi connectivity index (χ3v) is 3.40. The predicted molar refractivity (Wildman–Crippen MR) is 71.8 cm³/mol. The van der Waals surface area contributed by atoms with Crippen molar-refractivity contribution in [2.45, 2.75) is 12.5 Å². The van der Waals surface area contributed by atoms with Crippen molar-refractivity contribution in [3.63, 3.8) is 0 Å². The van der Waals surface area contributed by atoms with E-state index in [2.05, 4.69) is 21.2 Å². The second-order valence-corrected chi connectivity index (χ2v) is 4.91. The Labute approximate surface area is 114 Å². The molecule has 1 aliphatic rings. The molecule has 1 atom stereocenters. The van der Waals surface area contributed by atoms with Crippen molar-refractivity contribution in [3.8, 4) is 11.5 Å². The number of nitrogens with two attached hydrogens (primary N) is 1. The molecule has 0 spiro atoms. The molecule has 1 aromatic carbocycles. The molecule has 1 aliphatic heterocycles. The molecular formula is C12H17BrN2O3. The lowest BCUT2D eigenvalue weighted by Gasteiger charge is -2.18. The second-order valence-electron chi connectivity index (χ2n) is 4.06. The molecule has 5 nitrogen and oxygen atoms in total. The molecule has 100 valence electrons. The SMILES string of the molecule is NCC(NCCCO)c1cc(Br)c2c(c1)OCO2. The van der Waals surface area contributed by atoms with Crippen molar-refractivity contribution in [1.82, 2.24) is 5.32 Å². The largest absolute Gasteiger partial charge is 0.454 e. The lowest BCUT2D eigenvalue weighted by Crippen LogP contribution is -2.29. The maximum absolute atomic E-state index is 8.78. The minimum absolute atomic E-state index is 0.0438. The van der Waals surface area contributed by atoms with Gasteiger partial charge in [0.1, 0.15) is 0 Å².